The summed E-state index contributed by atoms with van der Waals surface area (Å²) in [7, 11) is 0. The first-order valence-electron chi connectivity index (χ1n) is 9.38. The Morgan fingerprint density at radius 2 is 2.06 bits per heavy atom. The quantitative estimate of drug-likeness (QED) is 0.632. The summed E-state index contributed by atoms with van der Waals surface area (Å²) in [6, 6.07) is 9.84. The smallest absolute Gasteiger partial charge is 0.344 e. The van der Waals surface area contributed by atoms with E-state index in [1.807, 2.05) is 6.07 Å². The zero-order chi connectivity index (χ0) is 22.2. The normalized spacial score (nSPS) is 15.8. The first kappa shape index (κ1) is 20.5. The van der Waals surface area contributed by atoms with Crippen molar-refractivity contribution >= 4 is 5.91 Å². The minimum Gasteiger partial charge on any atom is -0.344 e. The highest BCUT2D eigenvalue weighted by Crippen LogP contribution is 2.34. The van der Waals surface area contributed by atoms with E-state index in [0.717, 1.165) is 0 Å². The summed E-state index contributed by atoms with van der Waals surface area (Å²) in [5.41, 5.74) is -0.264. The number of nitrogens with one attached hydrogen (secondary N) is 1. The Morgan fingerprint density at radius 3 is 2.81 bits per heavy atom. The van der Waals surface area contributed by atoms with Crippen LogP contribution < -0.4 is 5.32 Å². The van der Waals surface area contributed by atoms with Gasteiger partial charge >= 0.3 is 6.18 Å². The van der Waals surface area contributed by atoms with E-state index in [9.17, 15) is 22.4 Å². The lowest BCUT2D eigenvalue weighted by molar-refractivity contribution is -0.141. The summed E-state index contributed by atoms with van der Waals surface area (Å²) in [6.07, 6.45) is -2.93. The molecule has 1 amide bonds. The largest absolute Gasteiger partial charge is 0.433 e. The van der Waals surface area contributed by atoms with Gasteiger partial charge in [0.05, 0.1) is 35.3 Å². The van der Waals surface area contributed by atoms with Crippen molar-refractivity contribution in [2.24, 2.45) is 0 Å². The number of halogens is 4. The molecule has 0 saturated carbocycles. The van der Waals surface area contributed by atoms with E-state index in [2.05, 4.69) is 15.4 Å². The third-order valence-electron chi connectivity index (χ3n) is 5.01. The number of aryl methyl sites for hydroxylation is 1. The van der Waals surface area contributed by atoms with Crippen molar-refractivity contribution in [3.05, 3.63) is 70.9 Å². The van der Waals surface area contributed by atoms with Crippen molar-refractivity contribution in [2.75, 3.05) is 0 Å². The summed E-state index contributed by atoms with van der Waals surface area (Å²) in [4.78, 5) is 15.7. The van der Waals surface area contributed by atoms with Gasteiger partial charge in [-0.05, 0) is 43.2 Å². The Kier molecular flexibility index (Phi) is 5.19. The Morgan fingerprint density at radius 1 is 1.26 bits per heavy atom. The number of rotatable bonds is 3. The lowest BCUT2D eigenvalue weighted by Gasteiger charge is -2.24. The highest BCUT2D eigenvalue weighted by molar-refractivity contribution is 5.94. The van der Waals surface area contributed by atoms with E-state index in [1.54, 1.807) is 22.9 Å². The maximum absolute atomic E-state index is 14.2. The molecule has 1 atom stereocenters. The van der Waals surface area contributed by atoms with Crippen LogP contribution in [0.1, 0.15) is 46.2 Å². The summed E-state index contributed by atoms with van der Waals surface area (Å²) >= 11 is 0. The van der Waals surface area contributed by atoms with Crippen LogP contribution in [0.4, 0.5) is 17.6 Å². The van der Waals surface area contributed by atoms with Gasteiger partial charge in [0.25, 0.3) is 5.91 Å². The molecule has 3 heterocycles. The number of amides is 1. The van der Waals surface area contributed by atoms with Gasteiger partial charge in [0, 0.05) is 17.7 Å². The van der Waals surface area contributed by atoms with Crippen LogP contribution in [-0.4, -0.2) is 20.7 Å². The minimum absolute atomic E-state index is 0.0352. The second kappa shape index (κ2) is 7.83. The first-order chi connectivity index (χ1) is 14.8. The number of nitriles is 1. The molecule has 6 nitrogen and oxygen atoms in total. The molecule has 1 aliphatic heterocycles. The van der Waals surface area contributed by atoms with Crippen molar-refractivity contribution in [1.82, 2.24) is 20.1 Å². The van der Waals surface area contributed by atoms with Crippen molar-refractivity contribution in [3.8, 4) is 17.3 Å². The van der Waals surface area contributed by atoms with Crippen molar-refractivity contribution < 1.29 is 22.4 Å². The average molecular weight is 429 g/mol. The van der Waals surface area contributed by atoms with E-state index in [4.69, 9.17) is 5.26 Å². The fourth-order valence-corrected chi connectivity index (χ4v) is 3.52. The highest BCUT2D eigenvalue weighted by atomic mass is 19.4. The van der Waals surface area contributed by atoms with Crippen LogP contribution in [0.3, 0.4) is 0 Å². The molecule has 2 aromatic heterocycles. The predicted octanol–water partition coefficient (Wildman–Crippen LogP) is 4.24. The van der Waals surface area contributed by atoms with Crippen LogP contribution in [0.15, 0.2) is 42.6 Å². The average Bonchev–Trinajstić information content (AvgIpc) is 3.18. The molecule has 0 unspecified atom stereocenters. The zero-order valence-electron chi connectivity index (χ0n) is 15.9. The minimum atomic E-state index is -4.71. The standard InChI is InChI=1S/C21H15F4N5O/c22-15-11-27-19(21(23,24)25)8-14(15)17-9-18-16(5-2-6-30(18)29-17)28-20(31)13-4-1-3-12(7-13)10-26/h1,3-4,7-9,11,16H,2,5-6H2,(H,28,31)/t16-/m0/s1. The van der Waals surface area contributed by atoms with Crippen LogP contribution in [0.25, 0.3) is 11.3 Å². The number of carbonyl (C=O) groups excluding carboxylic acids is 1. The summed E-state index contributed by atoms with van der Waals surface area (Å²) in [5.74, 6) is -1.31. The van der Waals surface area contributed by atoms with Crippen LogP contribution in [0.2, 0.25) is 0 Å². The second-order valence-electron chi connectivity index (χ2n) is 7.09. The van der Waals surface area contributed by atoms with Gasteiger partial charge in [0.15, 0.2) is 5.82 Å². The number of aromatic nitrogens is 3. The molecular weight excluding hydrogens is 414 g/mol. The van der Waals surface area contributed by atoms with Crippen LogP contribution in [0, 0.1) is 17.1 Å². The third kappa shape index (κ3) is 4.12. The van der Waals surface area contributed by atoms with Gasteiger partial charge in [0.1, 0.15) is 5.69 Å². The molecule has 0 radical (unpaired) electrons. The Bertz CT molecular complexity index is 1200. The highest BCUT2D eigenvalue weighted by Gasteiger charge is 2.34. The molecule has 4 rings (SSSR count). The number of fused-ring (bicyclic) bond motifs is 1. The van der Waals surface area contributed by atoms with Crippen LogP contribution >= 0.6 is 0 Å². The van der Waals surface area contributed by atoms with Crippen LogP contribution in [0.5, 0.6) is 0 Å². The third-order valence-corrected chi connectivity index (χ3v) is 5.01. The van der Waals surface area contributed by atoms with Gasteiger partial charge in [-0.3, -0.25) is 9.48 Å². The monoisotopic (exact) mass is 429 g/mol. The number of hydrogen-bond acceptors (Lipinski definition) is 4. The van der Waals surface area contributed by atoms with Gasteiger partial charge in [-0.25, -0.2) is 9.37 Å². The Balaban J connectivity index is 1.64. The molecule has 1 N–H and O–H groups in total. The number of alkyl halides is 3. The number of benzene rings is 1. The molecule has 0 spiro atoms. The lowest BCUT2D eigenvalue weighted by Crippen LogP contribution is -2.32. The predicted molar refractivity (Wildman–Crippen MR) is 101 cm³/mol. The number of nitrogens with zero attached hydrogens (tertiary/aromatic N) is 4. The number of pyridine rings is 1. The van der Waals surface area contributed by atoms with Gasteiger partial charge in [-0.15, -0.1) is 0 Å². The lowest BCUT2D eigenvalue weighted by atomic mass is 10.0. The van der Waals surface area contributed by atoms with E-state index < -0.39 is 29.6 Å². The molecule has 31 heavy (non-hydrogen) atoms. The van der Waals surface area contributed by atoms with Gasteiger partial charge in [-0.1, -0.05) is 6.07 Å². The SMILES string of the molecule is N#Cc1cccc(C(=O)N[C@H]2CCCn3nc(-c4cc(C(F)(F)F)ncc4F)cc32)c1. The maximum Gasteiger partial charge on any atom is 0.433 e. The molecular formula is C21H15F4N5O. The zero-order valence-corrected chi connectivity index (χ0v) is 15.9. The Hall–Kier alpha value is -3.74. The van der Waals surface area contributed by atoms with Gasteiger partial charge in [-0.2, -0.15) is 23.5 Å². The van der Waals surface area contributed by atoms with E-state index in [1.165, 1.54) is 12.1 Å². The molecule has 0 bridgehead atoms. The summed E-state index contributed by atoms with van der Waals surface area (Å²) < 4.78 is 54.7. The second-order valence-corrected chi connectivity index (χ2v) is 7.09. The van der Waals surface area contributed by atoms with E-state index >= 15 is 0 Å². The number of hydrogen-bond donors (Lipinski definition) is 1. The molecule has 158 valence electrons. The Labute approximate surface area is 174 Å². The van der Waals surface area contributed by atoms with Gasteiger partial charge in [0.2, 0.25) is 0 Å². The van der Waals surface area contributed by atoms with Gasteiger partial charge < -0.3 is 5.32 Å². The molecule has 0 saturated heterocycles. The fourth-order valence-electron chi connectivity index (χ4n) is 3.52. The molecule has 1 aliphatic rings. The molecule has 0 aliphatic carbocycles. The molecule has 0 fully saturated rings. The van der Waals surface area contributed by atoms with E-state index in [-0.39, 0.29) is 11.3 Å². The molecule has 10 heteroatoms. The topological polar surface area (TPSA) is 83.6 Å². The summed E-state index contributed by atoms with van der Waals surface area (Å²) in [6.45, 7) is 0.491. The molecule has 1 aromatic carbocycles. The maximum atomic E-state index is 14.2. The fraction of sp³-hybridized carbons (Fsp3) is 0.238. The summed E-state index contributed by atoms with van der Waals surface area (Å²) in [5, 5.41) is 16.1. The van der Waals surface area contributed by atoms with Crippen LogP contribution in [-0.2, 0) is 12.7 Å². The van der Waals surface area contributed by atoms with Crippen molar-refractivity contribution in [2.45, 2.75) is 31.6 Å². The van der Waals surface area contributed by atoms with E-state index in [0.29, 0.717) is 48.5 Å². The number of carbonyl (C=O) groups is 1. The van der Waals surface area contributed by atoms with Crippen molar-refractivity contribution in [3.63, 3.8) is 0 Å². The van der Waals surface area contributed by atoms with Crippen molar-refractivity contribution in [1.29, 1.82) is 5.26 Å². The first-order valence-corrected chi connectivity index (χ1v) is 9.38. The molecule has 3 aromatic rings.